The van der Waals surface area contributed by atoms with E-state index in [2.05, 4.69) is 4.74 Å². The van der Waals surface area contributed by atoms with E-state index in [0.29, 0.717) is 0 Å². The van der Waals surface area contributed by atoms with Gasteiger partial charge in [0.15, 0.2) is 17.3 Å². The molecule has 242 valence electrons. The molecular formula is C28H35O16+. The molecule has 3 aliphatic heterocycles. The molecule has 11 atom stereocenters. The fourth-order valence-electron chi connectivity index (χ4n) is 5.17. The number of benzene rings is 2. The molecule has 16 nitrogen and oxygen atoms in total. The van der Waals surface area contributed by atoms with Crippen LogP contribution in [-0.2, 0) is 14.2 Å². The van der Waals surface area contributed by atoms with E-state index >= 15 is 0 Å². The van der Waals surface area contributed by atoms with Gasteiger partial charge in [-0.25, -0.2) is 0 Å². The van der Waals surface area contributed by atoms with Crippen molar-refractivity contribution in [3.05, 3.63) is 41.2 Å². The molecule has 3 aliphatic rings. The molecule has 1 unspecified atom stereocenters. The summed E-state index contributed by atoms with van der Waals surface area (Å²) in [5, 5.41) is 102. The number of aliphatic hydroxyl groups is 8. The Bertz CT molecular complexity index is 1380. The topological polar surface area (TPSA) is 261 Å². The van der Waals surface area contributed by atoms with Gasteiger partial charge in [0, 0.05) is 12.1 Å². The van der Waals surface area contributed by atoms with E-state index in [0.717, 1.165) is 6.07 Å². The summed E-state index contributed by atoms with van der Waals surface area (Å²) in [5.74, 6) is -1.65. The van der Waals surface area contributed by atoms with Crippen molar-refractivity contribution in [1.82, 2.24) is 0 Å². The molecule has 2 saturated heterocycles. The van der Waals surface area contributed by atoms with E-state index in [1.54, 1.807) is 0 Å². The molecule has 0 saturated carbocycles. The van der Waals surface area contributed by atoms with Crippen LogP contribution in [-0.4, -0.2) is 131 Å². The molecule has 2 fully saturated rings. The second-order valence-corrected chi connectivity index (χ2v) is 10.7. The highest BCUT2D eigenvalue weighted by molar-refractivity contribution is 5.70. The summed E-state index contributed by atoms with van der Waals surface area (Å²) in [6.45, 7) is 0.754. The van der Waals surface area contributed by atoms with Crippen molar-refractivity contribution in [1.29, 1.82) is 0 Å². The van der Waals surface area contributed by atoms with Gasteiger partial charge in [0.05, 0.1) is 31.5 Å². The number of hydrogen-bond donors (Lipinski definition) is 10. The summed E-state index contributed by atoms with van der Waals surface area (Å²) >= 11 is 0. The number of rotatable bonds is 7. The highest BCUT2D eigenvalue weighted by atomic mass is 16.7. The van der Waals surface area contributed by atoms with Crippen molar-refractivity contribution in [2.45, 2.75) is 74.4 Å². The normalized spacial score (nSPS) is 35.2. The van der Waals surface area contributed by atoms with E-state index in [1.165, 1.54) is 38.3 Å². The van der Waals surface area contributed by atoms with Gasteiger partial charge in [-0.2, -0.15) is 0 Å². The fourth-order valence-corrected chi connectivity index (χ4v) is 5.17. The third kappa shape index (κ3) is 5.79. The Labute approximate surface area is 249 Å². The number of aliphatic hydroxyl groups excluding tert-OH is 7. The molecule has 0 bridgehead atoms. The van der Waals surface area contributed by atoms with Crippen LogP contribution in [0.25, 0.3) is 6.08 Å². The lowest BCUT2D eigenvalue weighted by Gasteiger charge is -2.40. The van der Waals surface area contributed by atoms with Gasteiger partial charge in [-0.3, -0.25) is 0 Å². The Morgan fingerprint density at radius 2 is 1.43 bits per heavy atom. The van der Waals surface area contributed by atoms with Crippen LogP contribution in [0.5, 0.6) is 34.5 Å². The van der Waals surface area contributed by atoms with E-state index in [9.17, 15) is 51.1 Å². The molecule has 2 aromatic carbocycles. The second kappa shape index (κ2) is 12.4. The maximum absolute atomic E-state index is 10.6. The van der Waals surface area contributed by atoms with Crippen molar-refractivity contribution >= 4 is 6.08 Å². The summed E-state index contributed by atoms with van der Waals surface area (Å²) < 4.78 is 32.6. The number of phenolic OH excluding ortho intramolecular Hbond substituents is 3. The lowest BCUT2D eigenvalue weighted by molar-refractivity contribution is -0.287. The van der Waals surface area contributed by atoms with E-state index in [1.807, 2.05) is 0 Å². The third-order valence-corrected chi connectivity index (χ3v) is 7.69. The van der Waals surface area contributed by atoms with Crippen molar-refractivity contribution in [2.75, 3.05) is 13.7 Å². The number of hydrogen-bond acceptors (Lipinski definition) is 15. The molecule has 5 rings (SSSR count). The molecule has 0 radical (unpaired) electrons. The molecular weight excluding hydrogens is 592 g/mol. The predicted octanol–water partition coefficient (Wildman–Crippen LogP) is -1.83. The van der Waals surface area contributed by atoms with Gasteiger partial charge < -0.3 is 79.5 Å². The molecule has 16 heteroatoms. The van der Waals surface area contributed by atoms with Gasteiger partial charge in [-0.15, -0.1) is 0 Å². The Balaban J connectivity index is 1.57. The van der Waals surface area contributed by atoms with Crippen LogP contribution < -0.4 is 9.47 Å². The van der Waals surface area contributed by atoms with Crippen molar-refractivity contribution in [3.63, 3.8) is 0 Å². The monoisotopic (exact) mass is 627 g/mol. The largest absolute Gasteiger partial charge is 0.571 e. The van der Waals surface area contributed by atoms with Crippen LogP contribution in [0.1, 0.15) is 24.2 Å². The standard InChI is InChI=1S/C28H34O16/c1-9-19(32)22(35)24(37)27(40-9)43-17-7-12-14(41-26(17)10-3-13(31)20(33)16(4-10)39-2)5-11(30)6-15(12)42-28-25(38)23(36)21(34)18(8-29)44-28/h3-7,9,18-19,21-38H,8H2,1-2H3/p+1/t9-,18-,19-,21+,22+,23-,24-,25+,26?,27+,28+/m0/s1. The van der Waals surface area contributed by atoms with E-state index < -0.39 is 85.6 Å². The smallest absolute Gasteiger partial charge is 0.270 e. The van der Waals surface area contributed by atoms with Gasteiger partial charge in [-0.1, -0.05) is 0 Å². The summed E-state index contributed by atoms with van der Waals surface area (Å²) in [7, 11) is 1.26. The fraction of sp³-hybridized carbons (Fsp3) is 0.500. The first-order chi connectivity index (χ1) is 20.8. The average molecular weight is 628 g/mol. The molecule has 44 heavy (non-hydrogen) atoms. The predicted molar refractivity (Wildman–Crippen MR) is 145 cm³/mol. The zero-order chi connectivity index (χ0) is 32.0. The number of phenols is 3. The first-order valence-corrected chi connectivity index (χ1v) is 13.6. The quantitative estimate of drug-likeness (QED) is 0.120. The maximum atomic E-state index is 10.6. The lowest BCUT2D eigenvalue weighted by Crippen LogP contribution is -2.60. The second-order valence-electron chi connectivity index (χ2n) is 10.7. The highest BCUT2D eigenvalue weighted by Crippen LogP contribution is 2.48. The van der Waals surface area contributed by atoms with Crippen LogP contribution in [0, 0.1) is 0 Å². The van der Waals surface area contributed by atoms with Crippen LogP contribution in [0.2, 0.25) is 0 Å². The van der Waals surface area contributed by atoms with Gasteiger partial charge in [0.1, 0.15) is 59.8 Å². The van der Waals surface area contributed by atoms with Crippen molar-refractivity contribution < 1.29 is 79.5 Å². The van der Waals surface area contributed by atoms with E-state index in [-0.39, 0.29) is 39.9 Å². The first-order valence-electron chi connectivity index (χ1n) is 13.6. The Kier molecular flexibility index (Phi) is 8.99. The van der Waals surface area contributed by atoms with Crippen molar-refractivity contribution in [2.24, 2.45) is 0 Å². The summed E-state index contributed by atoms with van der Waals surface area (Å²) in [5.41, 5.74) is 0.354. The van der Waals surface area contributed by atoms with Crippen LogP contribution in [0.4, 0.5) is 0 Å². The zero-order valence-corrected chi connectivity index (χ0v) is 23.4. The Morgan fingerprint density at radius 3 is 2.09 bits per heavy atom. The minimum atomic E-state index is -1.77. The zero-order valence-electron chi connectivity index (χ0n) is 23.4. The number of aromatic hydroxyl groups is 4. The molecule has 0 amide bonds. The number of fused-ring (bicyclic) bond motifs is 1. The molecule has 0 aliphatic carbocycles. The summed E-state index contributed by atoms with van der Waals surface area (Å²) in [6.07, 6.45) is -15.0. The molecule has 2 aromatic rings. The first kappa shape index (κ1) is 31.8. The van der Waals surface area contributed by atoms with Gasteiger partial charge in [0.25, 0.3) is 11.9 Å². The minimum Gasteiger partial charge on any atom is -0.571 e. The van der Waals surface area contributed by atoms with Crippen molar-refractivity contribution in [3.8, 4) is 34.5 Å². The molecule has 0 spiro atoms. The Hall–Kier alpha value is -3.58. The molecule has 3 heterocycles. The number of ether oxygens (including phenoxy) is 6. The van der Waals surface area contributed by atoms with Crippen LogP contribution >= 0.6 is 0 Å². The van der Waals surface area contributed by atoms with Gasteiger partial charge in [-0.05, 0) is 19.1 Å². The minimum absolute atomic E-state index is 0.0613. The highest BCUT2D eigenvalue weighted by Gasteiger charge is 2.47. The SMILES string of the molecule is COc1cc(C2[OH+]c3cc(O)cc(O[C@@H]4O[C@@H](CO)[C@@H](O)[C@H](O)[C@H]4O)c3C=C2O[C@H]2O[C@@H](C)[C@H](O)[C@@H](O)[C@@H]2O)cc(O)c1O. The van der Waals surface area contributed by atoms with Crippen LogP contribution in [0.3, 0.4) is 0 Å². The van der Waals surface area contributed by atoms with Crippen LogP contribution in [0.15, 0.2) is 30.0 Å². The molecule has 11 N–H and O–H groups in total. The molecule has 0 aromatic heterocycles. The third-order valence-electron chi connectivity index (χ3n) is 7.69. The maximum Gasteiger partial charge on any atom is 0.270 e. The van der Waals surface area contributed by atoms with Gasteiger partial charge in [0.2, 0.25) is 18.3 Å². The Morgan fingerprint density at radius 1 is 0.773 bits per heavy atom. The average Bonchev–Trinajstić information content (AvgIpc) is 3.00. The number of methoxy groups -OCH3 is 1. The van der Waals surface area contributed by atoms with Gasteiger partial charge >= 0.3 is 0 Å². The summed E-state index contributed by atoms with van der Waals surface area (Å²) in [6, 6.07) is 4.95. The summed E-state index contributed by atoms with van der Waals surface area (Å²) in [4.78, 5) is 0. The van der Waals surface area contributed by atoms with E-state index in [4.69, 9.17) is 23.7 Å². The lowest BCUT2D eigenvalue weighted by atomic mass is 9.98.